The van der Waals surface area contributed by atoms with Crippen LogP contribution >= 0.6 is 0 Å². The third-order valence-corrected chi connectivity index (χ3v) is 5.30. The highest BCUT2D eigenvalue weighted by Crippen LogP contribution is 2.24. The van der Waals surface area contributed by atoms with Crippen LogP contribution in [-0.2, 0) is 4.74 Å². The van der Waals surface area contributed by atoms with Crippen LogP contribution in [0.2, 0.25) is 0 Å². The molecule has 2 aromatic carbocycles. The predicted molar refractivity (Wildman–Crippen MR) is 111 cm³/mol. The van der Waals surface area contributed by atoms with Gasteiger partial charge < -0.3 is 9.64 Å². The van der Waals surface area contributed by atoms with Crippen molar-refractivity contribution in [1.29, 1.82) is 0 Å². The summed E-state index contributed by atoms with van der Waals surface area (Å²) in [6.45, 7) is 7.73. The first-order chi connectivity index (χ1) is 13.5. The van der Waals surface area contributed by atoms with Crippen molar-refractivity contribution < 1.29 is 14.3 Å². The first kappa shape index (κ1) is 20.2. The number of carbonyl (C=O) groups excluding carboxylic acids is 2. The van der Waals surface area contributed by atoms with Crippen molar-refractivity contribution in [3.8, 4) is 11.1 Å². The molecule has 0 bridgehead atoms. The molecule has 0 saturated carbocycles. The molecule has 1 saturated heterocycles. The molecule has 0 N–H and O–H groups in total. The van der Waals surface area contributed by atoms with E-state index in [1.165, 1.54) is 0 Å². The summed E-state index contributed by atoms with van der Waals surface area (Å²) in [5.74, 6) is 0.0408. The van der Waals surface area contributed by atoms with Crippen LogP contribution in [0.25, 0.3) is 11.1 Å². The smallest absolute Gasteiger partial charge is 0.253 e. The first-order valence-corrected chi connectivity index (χ1v) is 9.75. The summed E-state index contributed by atoms with van der Waals surface area (Å²) in [7, 11) is 1.85. The zero-order valence-corrected chi connectivity index (χ0v) is 16.9. The highest BCUT2D eigenvalue weighted by molar-refractivity contribution is 6.01. The number of benzene rings is 2. The maximum atomic E-state index is 12.8. The van der Waals surface area contributed by atoms with Gasteiger partial charge in [-0.05, 0) is 37.1 Å². The Bertz CT molecular complexity index is 826. The summed E-state index contributed by atoms with van der Waals surface area (Å²) in [5.41, 5.74) is 3.17. The maximum absolute atomic E-state index is 12.8. The molecule has 148 valence electrons. The predicted octanol–water partition coefficient (Wildman–Crippen LogP) is 3.35. The Labute approximate surface area is 166 Å². The number of ketones is 1. The summed E-state index contributed by atoms with van der Waals surface area (Å²) in [4.78, 5) is 28.8. The Hall–Kier alpha value is -2.50. The molecule has 5 heteroatoms. The van der Waals surface area contributed by atoms with Crippen molar-refractivity contribution in [3.63, 3.8) is 0 Å². The van der Waals surface area contributed by atoms with E-state index in [9.17, 15) is 9.59 Å². The van der Waals surface area contributed by atoms with Gasteiger partial charge >= 0.3 is 0 Å². The van der Waals surface area contributed by atoms with E-state index in [0.717, 1.165) is 37.4 Å². The zero-order valence-electron chi connectivity index (χ0n) is 16.9. The number of hydrogen-bond donors (Lipinski definition) is 0. The van der Waals surface area contributed by atoms with Crippen LogP contribution in [0, 0.1) is 0 Å². The topological polar surface area (TPSA) is 49.9 Å². The second-order valence-corrected chi connectivity index (χ2v) is 7.36. The van der Waals surface area contributed by atoms with Gasteiger partial charge in [-0.2, -0.15) is 0 Å². The van der Waals surface area contributed by atoms with E-state index in [1.54, 1.807) is 11.8 Å². The quantitative estimate of drug-likeness (QED) is 0.721. The van der Waals surface area contributed by atoms with Crippen molar-refractivity contribution >= 4 is 11.7 Å². The minimum absolute atomic E-state index is 0.00603. The average Bonchev–Trinajstić information content (AvgIpc) is 2.73. The average molecular weight is 380 g/mol. The molecule has 0 aliphatic carbocycles. The zero-order chi connectivity index (χ0) is 20.1. The van der Waals surface area contributed by atoms with Crippen LogP contribution in [0.5, 0.6) is 0 Å². The molecule has 1 aliphatic rings. The Morgan fingerprint density at radius 1 is 1.07 bits per heavy atom. The standard InChI is InChI=1S/C23H28N2O3/c1-17(25-12-14-28-15-13-25)16-24(3)23(27)20-10-8-19(9-11-20)22-7-5-4-6-21(22)18(2)26/h4-11,17H,12-16H2,1-3H3/t17-/m0/s1. The number of rotatable bonds is 6. The summed E-state index contributed by atoms with van der Waals surface area (Å²) in [5, 5.41) is 0. The summed E-state index contributed by atoms with van der Waals surface area (Å²) in [6, 6.07) is 15.3. The SMILES string of the molecule is CC(=O)c1ccccc1-c1ccc(C(=O)N(C)C[C@H](C)N2CCOCC2)cc1. The fourth-order valence-electron chi connectivity index (χ4n) is 3.67. The van der Waals surface area contributed by atoms with E-state index in [2.05, 4.69) is 11.8 Å². The minimum atomic E-state index is 0.00603. The lowest BCUT2D eigenvalue weighted by atomic mass is 9.96. The second kappa shape index (κ2) is 9.13. The van der Waals surface area contributed by atoms with Crippen molar-refractivity contribution in [3.05, 3.63) is 59.7 Å². The molecule has 0 spiro atoms. The van der Waals surface area contributed by atoms with Gasteiger partial charge in [-0.25, -0.2) is 0 Å². The molecule has 1 heterocycles. The van der Waals surface area contributed by atoms with Crippen molar-refractivity contribution in [2.45, 2.75) is 19.9 Å². The number of Topliss-reactive ketones (excluding diaryl/α,β-unsaturated/α-hetero) is 1. The van der Waals surface area contributed by atoms with Gasteiger partial charge in [-0.15, -0.1) is 0 Å². The summed E-state index contributed by atoms with van der Waals surface area (Å²) >= 11 is 0. The van der Waals surface area contributed by atoms with Crippen LogP contribution in [0.15, 0.2) is 48.5 Å². The molecule has 0 aromatic heterocycles. The van der Waals surface area contributed by atoms with Gasteiger partial charge in [0, 0.05) is 43.9 Å². The van der Waals surface area contributed by atoms with Crippen LogP contribution in [0.3, 0.4) is 0 Å². The van der Waals surface area contributed by atoms with Crippen LogP contribution < -0.4 is 0 Å². The molecule has 2 aromatic rings. The molecule has 1 atom stereocenters. The van der Waals surface area contributed by atoms with Gasteiger partial charge in [0.1, 0.15) is 0 Å². The monoisotopic (exact) mass is 380 g/mol. The lowest BCUT2D eigenvalue weighted by Gasteiger charge is -2.34. The number of likely N-dealkylation sites (N-methyl/N-ethyl adjacent to an activating group) is 1. The summed E-state index contributed by atoms with van der Waals surface area (Å²) < 4.78 is 5.40. The number of nitrogens with zero attached hydrogens (tertiary/aromatic N) is 2. The van der Waals surface area contributed by atoms with Gasteiger partial charge in [0.25, 0.3) is 5.91 Å². The lowest BCUT2D eigenvalue weighted by Crippen LogP contribution is -2.47. The molecule has 1 amide bonds. The number of amides is 1. The molecule has 3 rings (SSSR count). The van der Waals surface area contributed by atoms with Gasteiger partial charge in [-0.3, -0.25) is 14.5 Å². The fourth-order valence-corrected chi connectivity index (χ4v) is 3.67. The van der Waals surface area contributed by atoms with E-state index >= 15 is 0 Å². The van der Waals surface area contributed by atoms with E-state index in [0.29, 0.717) is 23.7 Å². The highest BCUT2D eigenvalue weighted by Gasteiger charge is 2.21. The third kappa shape index (κ3) is 4.66. The molecule has 28 heavy (non-hydrogen) atoms. The van der Waals surface area contributed by atoms with Gasteiger partial charge in [0.2, 0.25) is 0 Å². The van der Waals surface area contributed by atoms with Gasteiger partial charge in [-0.1, -0.05) is 36.4 Å². The Morgan fingerprint density at radius 2 is 1.71 bits per heavy atom. The number of carbonyl (C=O) groups is 2. The fraction of sp³-hybridized carbons (Fsp3) is 0.391. The first-order valence-electron chi connectivity index (χ1n) is 9.75. The summed E-state index contributed by atoms with van der Waals surface area (Å²) in [6.07, 6.45) is 0. The molecular formula is C23H28N2O3. The lowest BCUT2D eigenvalue weighted by molar-refractivity contribution is 0.0142. The Morgan fingerprint density at radius 3 is 2.36 bits per heavy atom. The van der Waals surface area contributed by atoms with E-state index in [1.807, 2.05) is 55.6 Å². The van der Waals surface area contributed by atoms with Crippen LogP contribution in [0.1, 0.15) is 34.6 Å². The molecule has 1 aliphatic heterocycles. The van der Waals surface area contributed by atoms with Crippen LogP contribution in [0.4, 0.5) is 0 Å². The molecule has 5 nitrogen and oxygen atoms in total. The number of ether oxygens (including phenoxy) is 1. The van der Waals surface area contributed by atoms with Crippen molar-refractivity contribution in [2.24, 2.45) is 0 Å². The Kier molecular flexibility index (Phi) is 6.60. The van der Waals surface area contributed by atoms with Crippen LogP contribution in [-0.4, -0.2) is 67.4 Å². The number of morpholine rings is 1. The normalized spacial score (nSPS) is 15.8. The molecule has 1 fully saturated rings. The maximum Gasteiger partial charge on any atom is 0.253 e. The van der Waals surface area contributed by atoms with Crippen molar-refractivity contribution in [2.75, 3.05) is 39.9 Å². The van der Waals surface area contributed by atoms with Gasteiger partial charge in [0.15, 0.2) is 5.78 Å². The molecular weight excluding hydrogens is 352 g/mol. The number of hydrogen-bond acceptors (Lipinski definition) is 4. The second-order valence-electron chi connectivity index (χ2n) is 7.36. The third-order valence-electron chi connectivity index (χ3n) is 5.30. The van der Waals surface area contributed by atoms with Gasteiger partial charge in [0.05, 0.1) is 13.2 Å². The Balaban J connectivity index is 1.69. The molecule has 0 unspecified atom stereocenters. The minimum Gasteiger partial charge on any atom is -0.379 e. The largest absolute Gasteiger partial charge is 0.379 e. The van der Waals surface area contributed by atoms with E-state index in [4.69, 9.17) is 4.74 Å². The van der Waals surface area contributed by atoms with Crippen molar-refractivity contribution in [1.82, 2.24) is 9.80 Å². The van der Waals surface area contributed by atoms with E-state index < -0.39 is 0 Å². The highest BCUT2D eigenvalue weighted by atomic mass is 16.5. The molecule has 0 radical (unpaired) electrons. The van der Waals surface area contributed by atoms with E-state index in [-0.39, 0.29) is 11.7 Å².